The molecule has 0 saturated heterocycles. The van der Waals surface area contributed by atoms with Crippen LogP contribution in [0.5, 0.6) is 0 Å². The van der Waals surface area contributed by atoms with E-state index in [0.717, 1.165) is 0 Å². The molecular formula is C15H34P2. The van der Waals surface area contributed by atoms with Gasteiger partial charge in [-0.3, -0.25) is 0 Å². The molecule has 2 atom stereocenters. The van der Waals surface area contributed by atoms with Crippen LogP contribution in [0.4, 0.5) is 0 Å². The number of rotatable bonds is 12. The van der Waals surface area contributed by atoms with E-state index >= 15 is 0 Å². The van der Waals surface area contributed by atoms with Crippen molar-refractivity contribution in [3.05, 3.63) is 0 Å². The Hall–Kier alpha value is 0.860. The molecule has 0 radical (unpaired) electrons. The van der Waals surface area contributed by atoms with Gasteiger partial charge < -0.3 is 0 Å². The van der Waals surface area contributed by atoms with Crippen molar-refractivity contribution in [2.45, 2.75) is 65.2 Å². The Morgan fingerprint density at radius 3 is 1.35 bits per heavy atom. The molecule has 0 aromatic carbocycles. The number of unbranched alkanes of at least 4 members (excludes halogenated alkanes) is 6. The third-order valence-electron chi connectivity index (χ3n) is 3.27. The summed E-state index contributed by atoms with van der Waals surface area (Å²) >= 11 is 0. The third kappa shape index (κ3) is 13.1. The largest absolute Gasteiger partial charge is 0.106 e. The van der Waals surface area contributed by atoms with Gasteiger partial charge in [0.2, 0.25) is 0 Å². The average Bonchev–Trinajstić information content (AvgIpc) is 2.30. The van der Waals surface area contributed by atoms with Crippen LogP contribution < -0.4 is 0 Å². The van der Waals surface area contributed by atoms with E-state index in [9.17, 15) is 0 Å². The standard InChI is InChI=1S/C15H34P2/c1-5-7-9-11-13-16(3)15-17(4)14-12-10-8-6-2/h5-15H2,1-4H3. The first-order valence-corrected chi connectivity index (χ1v) is 11.9. The summed E-state index contributed by atoms with van der Waals surface area (Å²) in [6.07, 6.45) is 14.7. The fourth-order valence-corrected chi connectivity index (χ4v) is 8.13. The molecule has 0 N–H and O–H groups in total. The minimum atomic E-state index is 0.368. The number of hydrogen-bond acceptors (Lipinski definition) is 0. The fraction of sp³-hybridized carbons (Fsp3) is 1.00. The minimum Gasteiger partial charge on any atom is -0.106 e. The predicted octanol–water partition coefficient (Wildman–Crippen LogP) is 6.33. The van der Waals surface area contributed by atoms with Crippen LogP contribution in [0.15, 0.2) is 0 Å². The Morgan fingerprint density at radius 2 is 1.00 bits per heavy atom. The highest BCUT2D eigenvalue weighted by Crippen LogP contribution is 2.47. The Bertz CT molecular complexity index is 132. The van der Waals surface area contributed by atoms with Gasteiger partial charge in [0, 0.05) is 0 Å². The highest BCUT2D eigenvalue weighted by molar-refractivity contribution is 7.73. The smallest absolute Gasteiger partial charge is 0.0125 e. The van der Waals surface area contributed by atoms with Crippen LogP contribution >= 0.6 is 15.8 Å². The lowest BCUT2D eigenvalue weighted by atomic mass is 10.2. The van der Waals surface area contributed by atoms with Crippen LogP contribution in [0.1, 0.15) is 65.2 Å². The van der Waals surface area contributed by atoms with Gasteiger partial charge in [-0.25, -0.2) is 0 Å². The highest BCUT2D eigenvalue weighted by Gasteiger charge is 2.07. The van der Waals surface area contributed by atoms with Gasteiger partial charge in [-0.1, -0.05) is 52.4 Å². The van der Waals surface area contributed by atoms with Crippen molar-refractivity contribution < 1.29 is 0 Å². The molecule has 0 aliphatic carbocycles. The molecule has 0 bridgehead atoms. The zero-order chi connectivity index (χ0) is 12.9. The molecule has 0 aromatic rings. The molecule has 0 nitrogen and oxygen atoms in total. The van der Waals surface area contributed by atoms with Gasteiger partial charge >= 0.3 is 0 Å². The first kappa shape index (κ1) is 17.9. The Kier molecular flexibility index (Phi) is 14.0. The summed E-state index contributed by atoms with van der Waals surface area (Å²) in [5.74, 6) is 1.59. The zero-order valence-electron chi connectivity index (χ0n) is 12.7. The van der Waals surface area contributed by atoms with Crippen molar-refractivity contribution in [1.82, 2.24) is 0 Å². The Morgan fingerprint density at radius 1 is 0.588 bits per heavy atom. The molecule has 0 spiro atoms. The van der Waals surface area contributed by atoms with Gasteiger partial charge in [0.25, 0.3) is 0 Å². The van der Waals surface area contributed by atoms with Gasteiger partial charge in [-0.05, 0) is 44.4 Å². The maximum Gasteiger partial charge on any atom is -0.0125 e. The molecule has 0 fully saturated rings. The van der Waals surface area contributed by atoms with E-state index in [-0.39, 0.29) is 0 Å². The Balaban J connectivity index is 3.35. The second-order valence-corrected chi connectivity index (χ2v) is 10.9. The zero-order valence-corrected chi connectivity index (χ0v) is 14.5. The third-order valence-corrected chi connectivity index (χ3v) is 9.29. The molecule has 0 aliphatic heterocycles. The lowest BCUT2D eigenvalue weighted by Crippen LogP contribution is -1.92. The summed E-state index contributed by atoms with van der Waals surface area (Å²) in [6.45, 7) is 9.67. The van der Waals surface area contributed by atoms with Gasteiger partial charge in [-0.15, -0.1) is 15.8 Å². The lowest BCUT2D eigenvalue weighted by Gasteiger charge is -2.18. The van der Waals surface area contributed by atoms with Crippen LogP contribution in [0.2, 0.25) is 0 Å². The quantitative estimate of drug-likeness (QED) is 0.289. The molecular weight excluding hydrogens is 242 g/mol. The molecule has 0 amide bonds. The molecule has 2 unspecified atom stereocenters. The number of hydrogen-bond donors (Lipinski definition) is 0. The molecule has 0 rings (SSSR count). The summed E-state index contributed by atoms with van der Waals surface area (Å²) in [5, 5.41) is 0. The average molecular weight is 276 g/mol. The van der Waals surface area contributed by atoms with Crippen LogP contribution in [0.25, 0.3) is 0 Å². The molecule has 104 valence electrons. The predicted molar refractivity (Wildman–Crippen MR) is 88.6 cm³/mol. The van der Waals surface area contributed by atoms with Crippen molar-refractivity contribution in [2.24, 2.45) is 0 Å². The van der Waals surface area contributed by atoms with Crippen molar-refractivity contribution in [3.8, 4) is 0 Å². The molecule has 0 heterocycles. The summed E-state index contributed by atoms with van der Waals surface area (Å²) < 4.78 is 0. The molecule has 0 saturated carbocycles. The monoisotopic (exact) mass is 276 g/mol. The molecule has 17 heavy (non-hydrogen) atoms. The Labute approximate surface area is 113 Å². The summed E-state index contributed by atoms with van der Waals surface area (Å²) in [5.41, 5.74) is 0. The summed E-state index contributed by atoms with van der Waals surface area (Å²) in [7, 11) is 0.736. The fourth-order valence-electron chi connectivity index (χ4n) is 2.17. The van der Waals surface area contributed by atoms with Crippen molar-refractivity contribution in [2.75, 3.05) is 31.6 Å². The van der Waals surface area contributed by atoms with E-state index in [1.807, 2.05) is 0 Å². The summed E-state index contributed by atoms with van der Waals surface area (Å²) in [6, 6.07) is 0. The molecule has 0 aliphatic rings. The second kappa shape index (κ2) is 13.3. The van der Waals surface area contributed by atoms with Gasteiger partial charge in [0.15, 0.2) is 0 Å². The van der Waals surface area contributed by atoms with Crippen LogP contribution in [-0.2, 0) is 0 Å². The normalized spacial score (nSPS) is 14.8. The van der Waals surface area contributed by atoms with E-state index in [1.165, 1.54) is 63.7 Å². The van der Waals surface area contributed by atoms with Crippen molar-refractivity contribution >= 4 is 15.8 Å². The first-order chi connectivity index (χ1) is 8.20. The highest BCUT2D eigenvalue weighted by atomic mass is 31.2. The van der Waals surface area contributed by atoms with Crippen LogP contribution in [0, 0.1) is 0 Å². The second-order valence-electron chi connectivity index (χ2n) is 5.42. The minimum absolute atomic E-state index is 0.368. The topological polar surface area (TPSA) is 0 Å². The maximum absolute atomic E-state index is 2.53. The van der Waals surface area contributed by atoms with E-state index in [4.69, 9.17) is 0 Å². The molecule has 2 heteroatoms. The van der Waals surface area contributed by atoms with Crippen molar-refractivity contribution in [3.63, 3.8) is 0 Å². The first-order valence-electron chi connectivity index (χ1n) is 7.57. The van der Waals surface area contributed by atoms with Gasteiger partial charge in [0.1, 0.15) is 0 Å². The lowest BCUT2D eigenvalue weighted by molar-refractivity contribution is 0.704. The van der Waals surface area contributed by atoms with Crippen molar-refractivity contribution in [1.29, 1.82) is 0 Å². The maximum atomic E-state index is 2.53. The summed E-state index contributed by atoms with van der Waals surface area (Å²) in [4.78, 5) is 0. The van der Waals surface area contributed by atoms with E-state index < -0.39 is 0 Å². The molecule has 0 aromatic heterocycles. The van der Waals surface area contributed by atoms with E-state index in [0.29, 0.717) is 15.8 Å². The van der Waals surface area contributed by atoms with E-state index in [1.54, 1.807) is 5.90 Å². The van der Waals surface area contributed by atoms with Gasteiger partial charge in [-0.2, -0.15) is 0 Å². The van der Waals surface area contributed by atoms with Gasteiger partial charge in [0.05, 0.1) is 0 Å². The SMILES string of the molecule is CCCCCCP(C)CP(C)CCCCCC. The van der Waals surface area contributed by atoms with E-state index in [2.05, 4.69) is 27.2 Å². The van der Waals surface area contributed by atoms with Crippen LogP contribution in [-0.4, -0.2) is 31.6 Å². The van der Waals surface area contributed by atoms with Crippen LogP contribution in [0.3, 0.4) is 0 Å².